The highest BCUT2D eigenvalue weighted by atomic mass is 16.7. The highest BCUT2D eigenvalue weighted by Gasteiger charge is 2.44. The summed E-state index contributed by atoms with van der Waals surface area (Å²) in [6.07, 6.45) is 30.4. The van der Waals surface area contributed by atoms with Crippen LogP contribution in [-0.4, -0.2) is 87.5 Å². The molecule has 0 saturated carbocycles. The van der Waals surface area contributed by atoms with E-state index in [2.05, 4.69) is 43.5 Å². The van der Waals surface area contributed by atoms with Crippen LogP contribution in [0.5, 0.6) is 0 Å². The number of ether oxygens (including phenoxy) is 2. The van der Waals surface area contributed by atoms with Crippen LogP contribution in [0.15, 0.2) is 24.3 Å². The molecule has 1 aliphatic heterocycles. The zero-order valence-corrected chi connectivity index (χ0v) is 32.6. The molecule has 0 bridgehead atoms. The Morgan fingerprint density at radius 1 is 0.647 bits per heavy atom. The number of aliphatic hydroxyl groups excluding tert-OH is 5. The Kier molecular flexibility index (Phi) is 31.1. The molecular weight excluding hydrogens is 646 g/mol. The summed E-state index contributed by atoms with van der Waals surface area (Å²) in [6, 6.07) is -0.733. The van der Waals surface area contributed by atoms with Gasteiger partial charge in [0.05, 0.1) is 25.4 Å². The molecule has 1 heterocycles. The van der Waals surface area contributed by atoms with Gasteiger partial charge in [-0.1, -0.05) is 134 Å². The molecule has 9 nitrogen and oxygen atoms in total. The summed E-state index contributed by atoms with van der Waals surface area (Å²) in [5, 5.41) is 54.1. The zero-order chi connectivity index (χ0) is 37.4. The van der Waals surface area contributed by atoms with Crippen molar-refractivity contribution in [2.75, 3.05) is 13.2 Å². The number of unbranched alkanes of at least 4 members (excludes halogenated alkanes) is 20. The first-order valence-corrected chi connectivity index (χ1v) is 21.0. The Balaban J connectivity index is 2.37. The number of aliphatic hydroxyl groups is 5. The zero-order valence-electron chi connectivity index (χ0n) is 32.6. The lowest BCUT2D eigenvalue weighted by Crippen LogP contribution is -2.60. The summed E-state index contributed by atoms with van der Waals surface area (Å²) >= 11 is 0. The van der Waals surface area contributed by atoms with Crippen molar-refractivity contribution in [1.29, 1.82) is 0 Å². The van der Waals surface area contributed by atoms with E-state index in [9.17, 15) is 30.3 Å². The Hall–Kier alpha value is -1.33. The Bertz CT molecular complexity index is 853. The van der Waals surface area contributed by atoms with Crippen LogP contribution in [0.25, 0.3) is 0 Å². The minimum Gasteiger partial charge on any atom is -0.394 e. The summed E-state index contributed by atoms with van der Waals surface area (Å²) in [4.78, 5) is 12.9. The van der Waals surface area contributed by atoms with Gasteiger partial charge >= 0.3 is 0 Å². The van der Waals surface area contributed by atoms with E-state index in [0.29, 0.717) is 12.8 Å². The summed E-state index contributed by atoms with van der Waals surface area (Å²) in [7, 11) is 0. The van der Waals surface area contributed by atoms with Crippen molar-refractivity contribution < 1.29 is 39.8 Å². The van der Waals surface area contributed by atoms with Gasteiger partial charge in [-0.05, 0) is 64.2 Å². The van der Waals surface area contributed by atoms with Crippen molar-refractivity contribution in [2.24, 2.45) is 0 Å². The number of allylic oxidation sites excluding steroid dienone is 4. The standard InChI is InChI=1S/C42H79NO8/c1-3-5-7-9-11-13-15-16-17-18-19-20-22-24-26-28-30-32-38(46)43-35(34-50-42-41(49)40(48)39(47)37(33-44)51-42)36(45)31-29-27-25-23-21-14-12-10-8-6-4-2/h16-17,21,23,35-37,39-42,44-45,47-49H,3-15,18-20,22,24-34H2,1-2H3,(H,43,46)/b17-16+,23-21+/t35-,36+,37-,39-,40?,41?,42-/m0/s1. The van der Waals surface area contributed by atoms with Crippen LogP contribution >= 0.6 is 0 Å². The SMILES string of the molecule is CCCCCCC/C=C/CCCC[C@@H](O)[C@H](CO[C@H]1O[C@@H](CO)[C@H](O)C(O)C1O)NC(=O)CCCCCCCCC/C=C/CCCCCCCC. The lowest BCUT2D eigenvalue weighted by Gasteiger charge is -2.40. The van der Waals surface area contributed by atoms with E-state index in [0.717, 1.165) is 44.9 Å². The Morgan fingerprint density at radius 3 is 1.59 bits per heavy atom. The van der Waals surface area contributed by atoms with Crippen LogP contribution in [0.1, 0.15) is 181 Å². The third kappa shape index (κ3) is 24.6. The van der Waals surface area contributed by atoms with Crippen molar-refractivity contribution in [1.82, 2.24) is 5.32 Å². The first-order chi connectivity index (χ1) is 24.8. The van der Waals surface area contributed by atoms with E-state index in [1.807, 2.05) is 0 Å². The van der Waals surface area contributed by atoms with Gasteiger partial charge in [0.2, 0.25) is 5.91 Å². The second-order valence-corrected chi connectivity index (χ2v) is 14.8. The number of carbonyl (C=O) groups excluding carboxylic acids is 1. The Labute approximate surface area is 311 Å². The predicted octanol–water partition coefficient (Wildman–Crippen LogP) is 7.94. The summed E-state index contributed by atoms with van der Waals surface area (Å²) in [5.41, 5.74) is 0. The van der Waals surface area contributed by atoms with E-state index >= 15 is 0 Å². The molecule has 300 valence electrons. The maximum Gasteiger partial charge on any atom is 0.220 e. The topological polar surface area (TPSA) is 149 Å². The van der Waals surface area contributed by atoms with Crippen molar-refractivity contribution in [3.63, 3.8) is 0 Å². The van der Waals surface area contributed by atoms with Crippen LogP contribution in [0, 0.1) is 0 Å². The average molecular weight is 726 g/mol. The van der Waals surface area contributed by atoms with Crippen molar-refractivity contribution in [3.8, 4) is 0 Å². The van der Waals surface area contributed by atoms with Gasteiger partial charge in [0, 0.05) is 6.42 Å². The summed E-state index contributed by atoms with van der Waals surface area (Å²) in [6.45, 7) is 3.77. The molecule has 0 aromatic carbocycles. The van der Waals surface area contributed by atoms with Crippen molar-refractivity contribution in [3.05, 3.63) is 24.3 Å². The van der Waals surface area contributed by atoms with Gasteiger partial charge in [0.1, 0.15) is 24.4 Å². The molecule has 0 aliphatic carbocycles. The van der Waals surface area contributed by atoms with E-state index in [4.69, 9.17) is 9.47 Å². The third-order valence-corrected chi connectivity index (χ3v) is 10.0. The summed E-state index contributed by atoms with van der Waals surface area (Å²) < 4.78 is 11.2. The third-order valence-electron chi connectivity index (χ3n) is 10.0. The molecular formula is C42H79NO8. The lowest BCUT2D eigenvalue weighted by atomic mass is 9.99. The fourth-order valence-corrected chi connectivity index (χ4v) is 6.56. The summed E-state index contributed by atoms with van der Waals surface area (Å²) in [5.74, 6) is -0.161. The van der Waals surface area contributed by atoms with Crippen molar-refractivity contribution in [2.45, 2.75) is 224 Å². The molecule has 2 unspecified atom stereocenters. The van der Waals surface area contributed by atoms with Gasteiger partial charge in [0.25, 0.3) is 0 Å². The minimum absolute atomic E-state index is 0.151. The van der Waals surface area contributed by atoms with Crippen LogP contribution in [0.4, 0.5) is 0 Å². The van der Waals surface area contributed by atoms with E-state index in [1.54, 1.807) is 0 Å². The predicted molar refractivity (Wildman–Crippen MR) is 207 cm³/mol. The van der Waals surface area contributed by atoms with Crippen LogP contribution in [0.3, 0.4) is 0 Å². The number of amides is 1. The average Bonchev–Trinajstić information content (AvgIpc) is 3.13. The lowest BCUT2D eigenvalue weighted by molar-refractivity contribution is -0.302. The van der Waals surface area contributed by atoms with E-state index < -0.39 is 49.5 Å². The van der Waals surface area contributed by atoms with Gasteiger partial charge in [0.15, 0.2) is 6.29 Å². The van der Waals surface area contributed by atoms with E-state index in [1.165, 1.54) is 109 Å². The van der Waals surface area contributed by atoms with E-state index in [-0.39, 0.29) is 12.5 Å². The number of carbonyl (C=O) groups is 1. The fraction of sp³-hybridized carbons (Fsp3) is 0.881. The number of hydrogen-bond donors (Lipinski definition) is 6. The maximum absolute atomic E-state index is 12.9. The number of nitrogens with one attached hydrogen (secondary N) is 1. The van der Waals surface area contributed by atoms with Gasteiger partial charge in [-0.2, -0.15) is 0 Å². The molecule has 1 amide bonds. The van der Waals surface area contributed by atoms with Gasteiger partial charge in [-0.15, -0.1) is 0 Å². The molecule has 7 atom stereocenters. The number of hydrogen-bond acceptors (Lipinski definition) is 8. The molecule has 1 fully saturated rings. The fourth-order valence-electron chi connectivity index (χ4n) is 6.56. The molecule has 9 heteroatoms. The monoisotopic (exact) mass is 726 g/mol. The van der Waals surface area contributed by atoms with Crippen molar-refractivity contribution >= 4 is 5.91 Å². The smallest absolute Gasteiger partial charge is 0.220 e. The molecule has 6 N–H and O–H groups in total. The quantitative estimate of drug-likeness (QED) is 0.0289. The van der Waals surface area contributed by atoms with Crippen LogP contribution < -0.4 is 5.32 Å². The van der Waals surface area contributed by atoms with Gasteiger partial charge in [-0.3, -0.25) is 4.79 Å². The number of rotatable bonds is 34. The molecule has 1 rings (SSSR count). The first kappa shape index (κ1) is 47.7. The second kappa shape index (κ2) is 33.3. The minimum atomic E-state index is -1.56. The van der Waals surface area contributed by atoms with Gasteiger partial charge < -0.3 is 40.3 Å². The van der Waals surface area contributed by atoms with Crippen LogP contribution in [0.2, 0.25) is 0 Å². The maximum atomic E-state index is 12.9. The molecule has 1 aliphatic rings. The second-order valence-electron chi connectivity index (χ2n) is 14.8. The highest BCUT2D eigenvalue weighted by molar-refractivity contribution is 5.76. The molecule has 0 radical (unpaired) electrons. The van der Waals surface area contributed by atoms with Gasteiger partial charge in [-0.25, -0.2) is 0 Å². The molecule has 0 aromatic rings. The van der Waals surface area contributed by atoms with Crippen LogP contribution in [-0.2, 0) is 14.3 Å². The highest BCUT2D eigenvalue weighted by Crippen LogP contribution is 2.23. The largest absolute Gasteiger partial charge is 0.394 e. The first-order valence-electron chi connectivity index (χ1n) is 21.0. The molecule has 51 heavy (non-hydrogen) atoms. The normalized spacial score (nSPS) is 22.2. The molecule has 0 spiro atoms. The Morgan fingerprint density at radius 2 is 1.10 bits per heavy atom. The molecule has 1 saturated heterocycles. The molecule has 0 aromatic heterocycles.